The van der Waals surface area contributed by atoms with Gasteiger partial charge in [-0.3, -0.25) is 14.9 Å². The van der Waals surface area contributed by atoms with Gasteiger partial charge < -0.3 is 9.73 Å². The lowest BCUT2D eigenvalue weighted by Crippen LogP contribution is -2.11. The number of aryl methyl sites for hydroxylation is 2. The second-order valence-electron chi connectivity index (χ2n) is 4.63. The summed E-state index contributed by atoms with van der Waals surface area (Å²) in [6.07, 6.45) is 1.43. The molecule has 3 rings (SSSR count). The first-order chi connectivity index (χ1) is 11.0. The minimum absolute atomic E-state index is 0.214. The first-order valence-corrected chi connectivity index (χ1v) is 8.23. The molecular formula is C14H12N4O3S2. The van der Waals surface area contributed by atoms with E-state index in [-0.39, 0.29) is 17.6 Å². The van der Waals surface area contributed by atoms with Crippen LogP contribution >= 0.6 is 22.7 Å². The van der Waals surface area contributed by atoms with E-state index >= 15 is 0 Å². The van der Waals surface area contributed by atoms with E-state index in [4.69, 9.17) is 4.42 Å². The van der Waals surface area contributed by atoms with E-state index in [1.807, 2.05) is 6.92 Å². The van der Waals surface area contributed by atoms with Crippen LogP contribution in [0.4, 0.5) is 10.1 Å². The maximum atomic E-state index is 12.3. The summed E-state index contributed by atoms with van der Waals surface area (Å²) in [5, 5.41) is 14.9. The molecule has 3 aromatic rings. The number of carbonyl (C=O) groups is 2. The van der Waals surface area contributed by atoms with Crippen molar-refractivity contribution in [2.75, 3.05) is 10.6 Å². The fourth-order valence-electron chi connectivity index (χ4n) is 1.85. The summed E-state index contributed by atoms with van der Waals surface area (Å²) in [6.45, 7) is 3.62. The first-order valence-electron chi connectivity index (χ1n) is 6.59. The average molecular weight is 348 g/mol. The highest BCUT2D eigenvalue weighted by atomic mass is 32.1. The predicted molar refractivity (Wildman–Crippen MR) is 88.3 cm³/mol. The second-order valence-corrected chi connectivity index (χ2v) is 6.87. The van der Waals surface area contributed by atoms with Gasteiger partial charge in [-0.05, 0) is 37.6 Å². The highest BCUT2D eigenvalue weighted by molar-refractivity contribution is 7.18. The zero-order valence-electron chi connectivity index (χ0n) is 12.2. The standard InChI is InChI=1S/C14H12N4O3S2/c1-7-6-10(15-12(19)9-4-3-5-21-9)23-11(7)13(20)16-14-18-17-8(2)22-14/h3-6H,1-2H3,(H,15,19)(H,16,18,20). The predicted octanol–water partition coefficient (Wildman–Crippen LogP) is 3.31. The van der Waals surface area contributed by atoms with Gasteiger partial charge in [0.15, 0.2) is 5.76 Å². The van der Waals surface area contributed by atoms with E-state index in [9.17, 15) is 9.59 Å². The third-order valence-corrected chi connectivity index (χ3v) is 4.76. The molecule has 2 N–H and O–H groups in total. The molecule has 2 amide bonds. The molecule has 0 bridgehead atoms. The first kappa shape index (κ1) is 15.4. The molecule has 3 aromatic heterocycles. The Labute approximate surface area is 139 Å². The molecule has 0 fully saturated rings. The monoisotopic (exact) mass is 348 g/mol. The van der Waals surface area contributed by atoms with Gasteiger partial charge in [0.2, 0.25) is 5.13 Å². The Morgan fingerprint density at radius 1 is 1.13 bits per heavy atom. The minimum atomic E-state index is -0.358. The fourth-order valence-corrected chi connectivity index (χ4v) is 3.40. The Bertz CT molecular complexity index is 851. The molecule has 0 radical (unpaired) electrons. The average Bonchev–Trinajstić information content (AvgIpc) is 3.21. The smallest absolute Gasteiger partial charge is 0.291 e. The van der Waals surface area contributed by atoms with Gasteiger partial charge in [0, 0.05) is 0 Å². The van der Waals surface area contributed by atoms with Gasteiger partial charge in [0.1, 0.15) is 5.01 Å². The molecule has 0 spiro atoms. The summed E-state index contributed by atoms with van der Waals surface area (Å²) in [7, 11) is 0. The Morgan fingerprint density at radius 2 is 1.96 bits per heavy atom. The van der Waals surface area contributed by atoms with Crippen molar-refractivity contribution in [1.82, 2.24) is 10.2 Å². The molecule has 0 aromatic carbocycles. The lowest BCUT2D eigenvalue weighted by atomic mass is 10.3. The Hall–Kier alpha value is -2.52. The van der Waals surface area contributed by atoms with Crippen LogP contribution in [0.15, 0.2) is 28.9 Å². The zero-order chi connectivity index (χ0) is 16.4. The third-order valence-electron chi connectivity index (χ3n) is 2.85. The number of rotatable bonds is 4. The van der Waals surface area contributed by atoms with E-state index in [0.29, 0.717) is 15.0 Å². The highest BCUT2D eigenvalue weighted by Gasteiger charge is 2.17. The SMILES string of the molecule is Cc1nnc(NC(=O)c2sc(NC(=O)c3ccco3)cc2C)s1. The molecular weight excluding hydrogens is 336 g/mol. The molecule has 0 saturated carbocycles. The molecule has 23 heavy (non-hydrogen) atoms. The van der Waals surface area contributed by atoms with Crippen LogP contribution in [0.2, 0.25) is 0 Å². The number of hydrogen-bond acceptors (Lipinski definition) is 7. The van der Waals surface area contributed by atoms with Gasteiger partial charge in [0.05, 0.1) is 16.1 Å². The van der Waals surface area contributed by atoms with Crippen LogP contribution in [0, 0.1) is 13.8 Å². The summed E-state index contributed by atoms with van der Waals surface area (Å²) < 4.78 is 5.03. The van der Waals surface area contributed by atoms with Crippen molar-refractivity contribution in [3.05, 3.63) is 45.7 Å². The topological polar surface area (TPSA) is 97.1 Å². The molecule has 9 heteroatoms. The molecule has 0 aliphatic rings. The van der Waals surface area contributed by atoms with Gasteiger partial charge in [-0.25, -0.2) is 0 Å². The number of furan rings is 1. The van der Waals surface area contributed by atoms with Crippen molar-refractivity contribution in [1.29, 1.82) is 0 Å². The van der Waals surface area contributed by atoms with Crippen molar-refractivity contribution in [3.63, 3.8) is 0 Å². The molecule has 0 unspecified atom stereocenters. The van der Waals surface area contributed by atoms with Crippen LogP contribution in [-0.2, 0) is 0 Å². The normalized spacial score (nSPS) is 10.5. The largest absolute Gasteiger partial charge is 0.459 e. The van der Waals surface area contributed by atoms with Gasteiger partial charge >= 0.3 is 0 Å². The molecule has 7 nitrogen and oxygen atoms in total. The Kier molecular flexibility index (Phi) is 4.22. The fraction of sp³-hybridized carbons (Fsp3) is 0.143. The Morgan fingerprint density at radius 3 is 2.61 bits per heavy atom. The van der Waals surface area contributed by atoms with Crippen LogP contribution in [0.5, 0.6) is 0 Å². The third kappa shape index (κ3) is 3.46. The molecule has 0 aliphatic heterocycles. The van der Waals surface area contributed by atoms with Crippen molar-refractivity contribution >= 4 is 44.6 Å². The van der Waals surface area contributed by atoms with Crippen molar-refractivity contribution in [2.24, 2.45) is 0 Å². The second kappa shape index (κ2) is 6.31. The van der Waals surface area contributed by atoms with Crippen LogP contribution in [0.1, 0.15) is 30.8 Å². The summed E-state index contributed by atoms with van der Waals surface area (Å²) >= 11 is 2.49. The highest BCUT2D eigenvalue weighted by Crippen LogP contribution is 2.28. The lowest BCUT2D eigenvalue weighted by molar-refractivity contribution is 0.0995. The number of anilines is 2. The van der Waals surface area contributed by atoms with Crippen molar-refractivity contribution < 1.29 is 14.0 Å². The molecule has 0 saturated heterocycles. The molecule has 0 atom stereocenters. The zero-order valence-corrected chi connectivity index (χ0v) is 13.9. The summed E-state index contributed by atoms with van der Waals surface area (Å²) in [5.74, 6) is -0.420. The van der Waals surface area contributed by atoms with E-state index in [1.54, 1.807) is 25.1 Å². The number of nitrogens with one attached hydrogen (secondary N) is 2. The summed E-state index contributed by atoms with van der Waals surface area (Å²) in [5.41, 5.74) is 0.767. The number of amides is 2. The van der Waals surface area contributed by atoms with Crippen LogP contribution in [0.3, 0.4) is 0 Å². The van der Waals surface area contributed by atoms with E-state index in [2.05, 4.69) is 20.8 Å². The van der Waals surface area contributed by atoms with E-state index < -0.39 is 0 Å². The maximum absolute atomic E-state index is 12.3. The van der Waals surface area contributed by atoms with Crippen LogP contribution < -0.4 is 10.6 Å². The summed E-state index contributed by atoms with van der Waals surface area (Å²) in [6, 6.07) is 4.95. The number of hydrogen-bond donors (Lipinski definition) is 2. The van der Waals surface area contributed by atoms with E-state index in [1.165, 1.54) is 28.9 Å². The molecule has 0 aliphatic carbocycles. The van der Waals surface area contributed by atoms with Gasteiger partial charge in [0.25, 0.3) is 11.8 Å². The van der Waals surface area contributed by atoms with Crippen molar-refractivity contribution in [3.8, 4) is 0 Å². The number of aromatic nitrogens is 2. The van der Waals surface area contributed by atoms with Gasteiger partial charge in [-0.15, -0.1) is 21.5 Å². The number of thiophene rings is 1. The van der Waals surface area contributed by atoms with E-state index in [0.717, 1.165) is 10.6 Å². The molecule has 3 heterocycles. The number of nitrogens with zero attached hydrogens (tertiary/aromatic N) is 2. The van der Waals surface area contributed by atoms with Crippen molar-refractivity contribution in [2.45, 2.75) is 13.8 Å². The maximum Gasteiger partial charge on any atom is 0.291 e. The summed E-state index contributed by atoms with van der Waals surface area (Å²) in [4.78, 5) is 24.7. The molecule has 118 valence electrons. The lowest BCUT2D eigenvalue weighted by Gasteiger charge is -1.99. The minimum Gasteiger partial charge on any atom is -0.459 e. The van der Waals surface area contributed by atoms with Gasteiger partial charge in [-0.1, -0.05) is 11.3 Å². The van der Waals surface area contributed by atoms with Crippen LogP contribution in [0.25, 0.3) is 0 Å². The van der Waals surface area contributed by atoms with Crippen LogP contribution in [-0.4, -0.2) is 22.0 Å². The quantitative estimate of drug-likeness (QED) is 0.754. The Balaban J connectivity index is 1.72. The number of carbonyl (C=O) groups excluding carboxylic acids is 2. The van der Waals surface area contributed by atoms with Gasteiger partial charge in [-0.2, -0.15) is 0 Å².